The zero-order valence-electron chi connectivity index (χ0n) is 17.2. The average Bonchev–Trinajstić information content (AvgIpc) is 2.76. The minimum absolute atomic E-state index is 0.194. The van der Waals surface area contributed by atoms with Gasteiger partial charge in [0.1, 0.15) is 5.75 Å². The molecule has 31 heavy (non-hydrogen) atoms. The summed E-state index contributed by atoms with van der Waals surface area (Å²) >= 11 is 0. The highest BCUT2D eigenvalue weighted by molar-refractivity contribution is 6.06. The monoisotopic (exact) mass is 418 g/mol. The van der Waals surface area contributed by atoms with Crippen molar-refractivity contribution >= 4 is 29.3 Å². The van der Waals surface area contributed by atoms with Crippen LogP contribution in [-0.4, -0.2) is 24.6 Å². The van der Waals surface area contributed by atoms with Crippen LogP contribution in [0.2, 0.25) is 0 Å². The Bertz CT molecular complexity index is 1080. The van der Waals surface area contributed by atoms with Crippen LogP contribution in [0.25, 0.3) is 0 Å². The number of benzene rings is 3. The van der Waals surface area contributed by atoms with Crippen molar-refractivity contribution in [3.05, 3.63) is 89.5 Å². The SMILES string of the molecule is CCOC(=O)Oc1ccc(C(=O)Nc2ccc(NC(=O)c3ccccc3C)cc2)cc1. The zero-order valence-corrected chi connectivity index (χ0v) is 17.2. The maximum Gasteiger partial charge on any atom is 0.513 e. The molecule has 0 fully saturated rings. The molecular weight excluding hydrogens is 396 g/mol. The van der Waals surface area contributed by atoms with Gasteiger partial charge in [-0.05, 0) is 74.0 Å². The largest absolute Gasteiger partial charge is 0.513 e. The molecule has 0 saturated heterocycles. The molecule has 158 valence electrons. The molecule has 0 atom stereocenters. The fraction of sp³-hybridized carbons (Fsp3) is 0.125. The summed E-state index contributed by atoms with van der Waals surface area (Å²) in [7, 11) is 0. The Kier molecular flexibility index (Phi) is 7.01. The summed E-state index contributed by atoms with van der Waals surface area (Å²) in [5.41, 5.74) is 3.09. The second kappa shape index (κ2) is 10.1. The van der Waals surface area contributed by atoms with Gasteiger partial charge < -0.3 is 20.1 Å². The minimum Gasteiger partial charge on any atom is -0.434 e. The number of carbonyl (C=O) groups excluding carboxylic acids is 3. The van der Waals surface area contributed by atoms with Crippen molar-refractivity contribution in [1.82, 2.24) is 0 Å². The molecule has 0 saturated carbocycles. The minimum atomic E-state index is -0.797. The van der Waals surface area contributed by atoms with Gasteiger partial charge in [0.2, 0.25) is 0 Å². The summed E-state index contributed by atoms with van der Waals surface area (Å²) in [5.74, 6) is -0.233. The number of anilines is 2. The predicted molar refractivity (Wildman–Crippen MR) is 118 cm³/mol. The topological polar surface area (TPSA) is 93.7 Å². The van der Waals surface area contributed by atoms with E-state index in [2.05, 4.69) is 10.6 Å². The lowest BCUT2D eigenvalue weighted by Gasteiger charge is -2.10. The van der Waals surface area contributed by atoms with E-state index >= 15 is 0 Å². The first-order valence-corrected chi connectivity index (χ1v) is 9.69. The van der Waals surface area contributed by atoms with E-state index in [1.165, 1.54) is 12.1 Å². The van der Waals surface area contributed by atoms with E-state index in [0.717, 1.165) is 5.56 Å². The van der Waals surface area contributed by atoms with E-state index in [9.17, 15) is 14.4 Å². The van der Waals surface area contributed by atoms with Crippen LogP contribution in [0.4, 0.5) is 16.2 Å². The smallest absolute Gasteiger partial charge is 0.434 e. The number of aryl methyl sites for hydroxylation is 1. The highest BCUT2D eigenvalue weighted by Crippen LogP contribution is 2.18. The molecule has 3 aromatic rings. The van der Waals surface area contributed by atoms with Crippen molar-refractivity contribution in [3.63, 3.8) is 0 Å². The molecule has 0 aliphatic carbocycles. The molecule has 7 heteroatoms. The lowest BCUT2D eigenvalue weighted by Crippen LogP contribution is -2.14. The van der Waals surface area contributed by atoms with Crippen molar-refractivity contribution in [2.24, 2.45) is 0 Å². The van der Waals surface area contributed by atoms with Gasteiger partial charge in [-0.15, -0.1) is 0 Å². The molecule has 0 bridgehead atoms. The first kappa shape index (κ1) is 21.6. The molecule has 2 amide bonds. The van der Waals surface area contributed by atoms with E-state index in [4.69, 9.17) is 9.47 Å². The molecule has 0 aromatic heterocycles. The maximum absolute atomic E-state index is 12.4. The molecule has 0 aliphatic rings. The molecule has 0 heterocycles. The highest BCUT2D eigenvalue weighted by Gasteiger charge is 2.10. The van der Waals surface area contributed by atoms with E-state index < -0.39 is 6.16 Å². The molecule has 0 radical (unpaired) electrons. The highest BCUT2D eigenvalue weighted by atomic mass is 16.7. The van der Waals surface area contributed by atoms with Crippen LogP contribution in [0.3, 0.4) is 0 Å². The number of hydrogen-bond acceptors (Lipinski definition) is 5. The van der Waals surface area contributed by atoms with E-state index in [1.54, 1.807) is 49.4 Å². The second-order valence-corrected chi connectivity index (χ2v) is 6.61. The summed E-state index contributed by atoms with van der Waals surface area (Å²) < 4.78 is 9.66. The van der Waals surface area contributed by atoms with Crippen molar-refractivity contribution in [3.8, 4) is 5.75 Å². The number of ether oxygens (including phenoxy) is 2. The van der Waals surface area contributed by atoms with Crippen LogP contribution < -0.4 is 15.4 Å². The first-order valence-electron chi connectivity index (χ1n) is 9.69. The third kappa shape index (κ3) is 5.93. The molecule has 0 spiro atoms. The average molecular weight is 418 g/mol. The number of nitrogens with one attached hydrogen (secondary N) is 2. The van der Waals surface area contributed by atoms with Crippen LogP contribution in [-0.2, 0) is 4.74 Å². The van der Waals surface area contributed by atoms with Crippen LogP contribution >= 0.6 is 0 Å². The first-order chi connectivity index (χ1) is 15.0. The summed E-state index contributed by atoms with van der Waals surface area (Å²) in [6, 6.07) is 20.3. The van der Waals surface area contributed by atoms with E-state index in [1.807, 2.05) is 25.1 Å². The summed E-state index contributed by atoms with van der Waals surface area (Å²) in [4.78, 5) is 36.1. The van der Waals surface area contributed by atoms with Crippen LogP contribution in [0, 0.1) is 6.92 Å². The third-order valence-electron chi connectivity index (χ3n) is 4.37. The Morgan fingerprint density at radius 2 is 1.35 bits per heavy atom. The van der Waals surface area contributed by atoms with Gasteiger partial charge in [0, 0.05) is 22.5 Å². The molecule has 3 aromatic carbocycles. The number of carbonyl (C=O) groups is 3. The fourth-order valence-corrected chi connectivity index (χ4v) is 2.78. The van der Waals surface area contributed by atoms with Gasteiger partial charge in [-0.1, -0.05) is 18.2 Å². The molecule has 3 rings (SSSR count). The molecule has 0 unspecified atom stereocenters. The number of hydrogen-bond donors (Lipinski definition) is 2. The van der Waals surface area contributed by atoms with E-state index in [-0.39, 0.29) is 24.2 Å². The number of amides is 2. The summed E-state index contributed by atoms with van der Waals surface area (Å²) in [6.07, 6.45) is -0.797. The predicted octanol–water partition coefficient (Wildman–Crippen LogP) is 5.03. The van der Waals surface area contributed by atoms with Crippen LogP contribution in [0.15, 0.2) is 72.8 Å². The molecule has 7 nitrogen and oxygen atoms in total. The van der Waals surface area contributed by atoms with Gasteiger partial charge in [0.05, 0.1) is 6.61 Å². The summed E-state index contributed by atoms with van der Waals surface area (Å²) in [6.45, 7) is 3.77. The van der Waals surface area contributed by atoms with Crippen molar-refractivity contribution in [2.45, 2.75) is 13.8 Å². The van der Waals surface area contributed by atoms with E-state index in [0.29, 0.717) is 22.5 Å². The summed E-state index contributed by atoms with van der Waals surface area (Å²) in [5, 5.41) is 5.61. The van der Waals surface area contributed by atoms with Gasteiger partial charge in [-0.3, -0.25) is 9.59 Å². The quantitative estimate of drug-likeness (QED) is 0.432. The molecular formula is C24H22N2O5. The van der Waals surface area contributed by atoms with Gasteiger partial charge in [0.15, 0.2) is 0 Å². The van der Waals surface area contributed by atoms with Gasteiger partial charge in [0.25, 0.3) is 11.8 Å². The normalized spacial score (nSPS) is 10.1. The Labute approximate surface area is 180 Å². The van der Waals surface area contributed by atoms with Crippen molar-refractivity contribution < 1.29 is 23.9 Å². The Hall–Kier alpha value is -4.13. The Balaban J connectivity index is 1.58. The van der Waals surface area contributed by atoms with Gasteiger partial charge in [-0.2, -0.15) is 0 Å². The second-order valence-electron chi connectivity index (χ2n) is 6.61. The van der Waals surface area contributed by atoms with Crippen LogP contribution in [0.1, 0.15) is 33.2 Å². The van der Waals surface area contributed by atoms with Crippen molar-refractivity contribution in [2.75, 3.05) is 17.2 Å². The zero-order chi connectivity index (χ0) is 22.2. The maximum atomic E-state index is 12.4. The Morgan fingerprint density at radius 1 is 0.774 bits per heavy atom. The third-order valence-corrected chi connectivity index (χ3v) is 4.37. The van der Waals surface area contributed by atoms with Gasteiger partial charge in [-0.25, -0.2) is 4.79 Å². The number of rotatable bonds is 6. The lowest BCUT2D eigenvalue weighted by atomic mass is 10.1. The fourth-order valence-electron chi connectivity index (χ4n) is 2.78. The van der Waals surface area contributed by atoms with Gasteiger partial charge >= 0.3 is 6.16 Å². The van der Waals surface area contributed by atoms with Crippen LogP contribution in [0.5, 0.6) is 5.75 Å². The lowest BCUT2D eigenvalue weighted by molar-refractivity contribution is 0.101. The Morgan fingerprint density at radius 3 is 1.94 bits per heavy atom. The van der Waals surface area contributed by atoms with Crippen molar-refractivity contribution in [1.29, 1.82) is 0 Å². The molecule has 2 N–H and O–H groups in total. The standard InChI is InChI=1S/C24H22N2O5/c1-3-30-24(29)31-20-14-8-17(9-15-20)22(27)25-18-10-12-19(13-11-18)26-23(28)21-7-5-4-6-16(21)2/h4-15H,3H2,1-2H3,(H,25,27)(H,26,28). The molecule has 0 aliphatic heterocycles.